The zero-order chi connectivity index (χ0) is 18.3. The Hall–Kier alpha value is -1.77. The first-order valence-corrected chi connectivity index (χ1v) is 8.10. The summed E-state index contributed by atoms with van der Waals surface area (Å²) in [5.74, 6) is -0.954. The first kappa shape index (κ1) is 18.6. The molecule has 0 aromatic carbocycles. The number of hydrogen-bond donors (Lipinski definition) is 1. The maximum atomic E-state index is 13.3. The Morgan fingerprint density at radius 2 is 2.00 bits per heavy atom. The van der Waals surface area contributed by atoms with Gasteiger partial charge in [-0.25, -0.2) is 9.50 Å². The van der Waals surface area contributed by atoms with Crippen LogP contribution in [0.25, 0.3) is 5.65 Å². The lowest BCUT2D eigenvalue weighted by molar-refractivity contribution is -0.143. The molecule has 5 nitrogen and oxygen atoms in total. The van der Waals surface area contributed by atoms with Gasteiger partial charge in [0.1, 0.15) is 16.8 Å². The SMILES string of the molecule is CC(C)Cc1cc(C(F)(F)F)n2ncnc2c1SC(C)(C)C(=O)O. The normalized spacial score (nSPS) is 13.0. The van der Waals surface area contributed by atoms with Crippen LogP contribution in [-0.2, 0) is 17.4 Å². The highest BCUT2D eigenvalue weighted by molar-refractivity contribution is 8.01. The summed E-state index contributed by atoms with van der Waals surface area (Å²) in [5, 5.41) is 13.0. The molecule has 9 heteroatoms. The van der Waals surface area contributed by atoms with Crippen LogP contribution in [0.1, 0.15) is 39.0 Å². The Morgan fingerprint density at radius 3 is 2.50 bits per heavy atom. The predicted octanol–water partition coefficient (Wildman–Crippen LogP) is 3.90. The number of aromatic nitrogens is 3. The van der Waals surface area contributed by atoms with Crippen LogP contribution in [0.15, 0.2) is 17.3 Å². The zero-order valence-electron chi connectivity index (χ0n) is 13.7. The van der Waals surface area contributed by atoms with Crippen LogP contribution in [0, 0.1) is 5.92 Å². The summed E-state index contributed by atoms with van der Waals surface area (Å²) in [7, 11) is 0. The average Bonchev–Trinajstić information content (AvgIpc) is 2.88. The lowest BCUT2D eigenvalue weighted by Crippen LogP contribution is -2.27. The van der Waals surface area contributed by atoms with Gasteiger partial charge in [-0.1, -0.05) is 13.8 Å². The predicted molar refractivity (Wildman–Crippen MR) is 84.1 cm³/mol. The third kappa shape index (κ3) is 3.66. The molecule has 1 N–H and O–H groups in total. The number of rotatable bonds is 5. The Kier molecular flexibility index (Phi) is 4.85. The summed E-state index contributed by atoms with van der Waals surface area (Å²) in [4.78, 5) is 15.8. The fourth-order valence-corrected chi connectivity index (χ4v) is 3.31. The van der Waals surface area contributed by atoms with E-state index in [9.17, 15) is 23.1 Å². The largest absolute Gasteiger partial charge is 0.480 e. The molecule has 24 heavy (non-hydrogen) atoms. The first-order valence-electron chi connectivity index (χ1n) is 7.28. The molecule has 0 amide bonds. The Labute approximate surface area is 141 Å². The monoisotopic (exact) mass is 361 g/mol. The van der Waals surface area contributed by atoms with E-state index in [-0.39, 0.29) is 11.6 Å². The van der Waals surface area contributed by atoms with Gasteiger partial charge in [0.15, 0.2) is 5.65 Å². The number of halogens is 3. The van der Waals surface area contributed by atoms with Gasteiger partial charge >= 0.3 is 12.1 Å². The molecule has 2 aromatic heterocycles. The molecule has 2 rings (SSSR count). The highest BCUT2D eigenvalue weighted by Gasteiger charge is 2.37. The minimum Gasteiger partial charge on any atom is -0.480 e. The van der Waals surface area contributed by atoms with Gasteiger partial charge < -0.3 is 5.11 Å². The van der Waals surface area contributed by atoms with Crippen molar-refractivity contribution in [3.8, 4) is 0 Å². The molecule has 0 bridgehead atoms. The number of pyridine rings is 1. The molecule has 0 saturated heterocycles. The molecular formula is C15H18F3N3O2S. The van der Waals surface area contributed by atoms with Gasteiger partial charge in [-0.15, -0.1) is 11.8 Å². The second-order valence-corrected chi connectivity index (χ2v) is 8.03. The van der Waals surface area contributed by atoms with Gasteiger partial charge in [0.25, 0.3) is 0 Å². The summed E-state index contributed by atoms with van der Waals surface area (Å²) in [6.45, 7) is 6.78. The van der Waals surface area contributed by atoms with Crippen molar-refractivity contribution in [3.05, 3.63) is 23.7 Å². The maximum Gasteiger partial charge on any atom is 0.433 e. The van der Waals surface area contributed by atoms with Crippen molar-refractivity contribution in [3.63, 3.8) is 0 Å². The second kappa shape index (κ2) is 6.27. The van der Waals surface area contributed by atoms with Gasteiger partial charge in [0, 0.05) is 0 Å². The number of carbonyl (C=O) groups is 1. The Bertz CT molecular complexity index is 769. The van der Waals surface area contributed by atoms with Crippen LogP contribution in [0.3, 0.4) is 0 Å². The average molecular weight is 361 g/mol. The highest BCUT2D eigenvalue weighted by atomic mass is 32.2. The van der Waals surface area contributed by atoms with Crippen molar-refractivity contribution in [1.29, 1.82) is 0 Å². The Balaban J connectivity index is 2.72. The van der Waals surface area contributed by atoms with E-state index in [4.69, 9.17) is 0 Å². The summed E-state index contributed by atoms with van der Waals surface area (Å²) in [5.41, 5.74) is -0.458. The van der Waals surface area contributed by atoms with Crippen molar-refractivity contribution in [2.24, 2.45) is 5.92 Å². The summed E-state index contributed by atoms with van der Waals surface area (Å²) in [6, 6.07) is 1.04. The first-order chi connectivity index (χ1) is 10.9. The summed E-state index contributed by atoms with van der Waals surface area (Å²) >= 11 is 0.986. The smallest absolute Gasteiger partial charge is 0.433 e. The lowest BCUT2D eigenvalue weighted by Gasteiger charge is -2.22. The molecule has 0 fully saturated rings. The van der Waals surface area contributed by atoms with Gasteiger partial charge in [-0.05, 0) is 37.8 Å². The van der Waals surface area contributed by atoms with E-state index in [1.165, 1.54) is 13.8 Å². The quantitative estimate of drug-likeness (QED) is 0.818. The van der Waals surface area contributed by atoms with E-state index in [1.807, 2.05) is 13.8 Å². The number of hydrogen-bond acceptors (Lipinski definition) is 4. The van der Waals surface area contributed by atoms with Crippen LogP contribution < -0.4 is 0 Å². The van der Waals surface area contributed by atoms with Crippen LogP contribution in [0.2, 0.25) is 0 Å². The van der Waals surface area contributed by atoms with Gasteiger partial charge in [-0.2, -0.15) is 18.3 Å². The van der Waals surface area contributed by atoms with E-state index < -0.39 is 22.6 Å². The minimum atomic E-state index is -4.58. The fraction of sp³-hybridized carbons (Fsp3) is 0.533. The molecule has 0 aliphatic rings. The number of carboxylic acids is 1. The third-order valence-corrected chi connectivity index (χ3v) is 4.71. The number of nitrogens with zero attached hydrogens (tertiary/aromatic N) is 3. The van der Waals surface area contributed by atoms with Crippen LogP contribution in [0.5, 0.6) is 0 Å². The molecule has 0 unspecified atom stereocenters. The number of aliphatic carboxylic acids is 1. The van der Waals surface area contributed by atoms with Gasteiger partial charge in [0.05, 0.1) is 4.90 Å². The van der Waals surface area contributed by atoms with Crippen LogP contribution in [-0.4, -0.2) is 30.4 Å². The van der Waals surface area contributed by atoms with E-state index in [2.05, 4.69) is 10.1 Å². The van der Waals surface area contributed by atoms with E-state index in [1.54, 1.807) is 0 Å². The number of alkyl halides is 3. The number of carboxylic acid groups (broad SMARTS) is 1. The molecule has 0 aliphatic heterocycles. The van der Waals surface area contributed by atoms with Crippen molar-refractivity contribution in [2.45, 2.75) is 49.9 Å². The van der Waals surface area contributed by atoms with E-state index >= 15 is 0 Å². The van der Waals surface area contributed by atoms with Crippen LogP contribution in [0.4, 0.5) is 13.2 Å². The van der Waals surface area contributed by atoms with E-state index in [0.717, 1.165) is 28.7 Å². The van der Waals surface area contributed by atoms with Crippen molar-refractivity contribution >= 4 is 23.4 Å². The third-order valence-electron chi connectivity index (χ3n) is 3.37. The topological polar surface area (TPSA) is 67.5 Å². The van der Waals surface area contributed by atoms with Gasteiger partial charge in [-0.3, -0.25) is 4.79 Å². The van der Waals surface area contributed by atoms with Gasteiger partial charge in [0.2, 0.25) is 0 Å². The van der Waals surface area contributed by atoms with Crippen molar-refractivity contribution in [1.82, 2.24) is 14.6 Å². The number of fused-ring (bicyclic) bond motifs is 1. The summed E-state index contributed by atoms with van der Waals surface area (Å²) < 4.78 is 39.5. The van der Waals surface area contributed by atoms with Crippen molar-refractivity contribution in [2.75, 3.05) is 0 Å². The molecule has 0 spiro atoms. The Morgan fingerprint density at radius 1 is 1.38 bits per heavy atom. The molecule has 0 saturated carbocycles. The standard InChI is InChI=1S/C15H18F3N3O2S/c1-8(2)5-9-6-10(15(16,17)18)21-12(19-7-20-21)11(9)24-14(3,4)13(22)23/h6-8H,5H2,1-4H3,(H,22,23). The lowest BCUT2D eigenvalue weighted by atomic mass is 10.0. The molecule has 0 atom stereocenters. The molecular weight excluding hydrogens is 343 g/mol. The fourth-order valence-electron chi connectivity index (χ4n) is 2.21. The molecule has 132 valence electrons. The zero-order valence-corrected chi connectivity index (χ0v) is 14.5. The maximum absolute atomic E-state index is 13.3. The summed E-state index contributed by atoms with van der Waals surface area (Å²) in [6.07, 6.45) is -3.16. The number of thioether (sulfide) groups is 1. The van der Waals surface area contributed by atoms with E-state index in [0.29, 0.717) is 16.9 Å². The molecule has 0 aliphatic carbocycles. The molecule has 0 radical (unpaired) electrons. The van der Waals surface area contributed by atoms with Crippen molar-refractivity contribution < 1.29 is 23.1 Å². The van der Waals surface area contributed by atoms with Crippen LogP contribution >= 0.6 is 11.8 Å². The highest BCUT2D eigenvalue weighted by Crippen LogP contribution is 2.40. The minimum absolute atomic E-state index is 0.0276. The molecule has 2 heterocycles. The molecule has 2 aromatic rings. The second-order valence-electron chi connectivity index (χ2n) is 6.39.